The van der Waals surface area contributed by atoms with Gasteiger partial charge in [0.25, 0.3) is 0 Å². The molecule has 2 aromatic rings. The normalized spacial score (nSPS) is 17.2. The van der Waals surface area contributed by atoms with Crippen LogP contribution in [0.4, 0.5) is 11.4 Å². The lowest BCUT2D eigenvalue weighted by Gasteiger charge is -2.18. The Hall–Kier alpha value is -2.53. The first-order chi connectivity index (χ1) is 11.5. The summed E-state index contributed by atoms with van der Waals surface area (Å²) in [6, 6.07) is 12.4. The number of rotatable bonds is 4. The van der Waals surface area contributed by atoms with E-state index in [2.05, 4.69) is 5.32 Å². The van der Waals surface area contributed by atoms with Crippen molar-refractivity contribution in [2.75, 3.05) is 16.8 Å². The van der Waals surface area contributed by atoms with E-state index in [4.69, 9.17) is 17.3 Å². The van der Waals surface area contributed by atoms with Gasteiger partial charge in [0.05, 0.1) is 10.6 Å². The zero-order chi connectivity index (χ0) is 17.3. The zero-order valence-electron chi connectivity index (χ0n) is 13.3. The number of benzene rings is 2. The second kappa shape index (κ2) is 6.53. The molecule has 0 spiro atoms. The predicted octanol–water partition coefficient (Wildman–Crippen LogP) is 2.96. The van der Waals surface area contributed by atoms with Gasteiger partial charge in [-0.3, -0.25) is 9.59 Å². The average molecular weight is 344 g/mol. The topological polar surface area (TPSA) is 75.4 Å². The summed E-state index contributed by atoms with van der Waals surface area (Å²) in [7, 11) is 0. The summed E-state index contributed by atoms with van der Waals surface area (Å²) in [5.41, 5.74) is 8.24. The Morgan fingerprint density at radius 1 is 1.25 bits per heavy atom. The number of nitrogens with one attached hydrogen (secondary N) is 1. The van der Waals surface area contributed by atoms with Crippen molar-refractivity contribution in [3.8, 4) is 0 Å². The Labute approximate surface area is 145 Å². The molecule has 1 fully saturated rings. The van der Waals surface area contributed by atoms with E-state index in [0.29, 0.717) is 23.7 Å². The van der Waals surface area contributed by atoms with Gasteiger partial charge in [0.15, 0.2) is 0 Å². The van der Waals surface area contributed by atoms with E-state index in [9.17, 15) is 9.59 Å². The number of halogens is 1. The molecule has 3 N–H and O–H groups in total. The number of hydrogen-bond acceptors (Lipinski definition) is 3. The number of carbonyl (C=O) groups excluding carboxylic acids is 2. The number of nitrogens with two attached hydrogens (primary N) is 1. The number of anilines is 2. The Kier molecular flexibility index (Phi) is 4.44. The van der Waals surface area contributed by atoms with E-state index in [0.717, 1.165) is 11.3 Å². The smallest absolute Gasteiger partial charge is 0.250 e. The van der Waals surface area contributed by atoms with Crippen LogP contribution in [0, 0.1) is 6.92 Å². The van der Waals surface area contributed by atoms with Crippen LogP contribution in [0.25, 0.3) is 0 Å². The van der Waals surface area contributed by atoms with Crippen molar-refractivity contribution in [3.05, 3.63) is 58.6 Å². The van der Waals surface area contributed by atoms with Crippen LogP contribution in [0.15, 0.2) is 42.5 Å². The molecule has 0 aromatic heterocycles. The molecular formula is C18H18ClN3O2. The zero-order valence-corrected chi connectivity index (χ0v) is 14.0. The van der Waals surface area contributed by atoms with Crippen molar-refractivity contribution in [2.45, 2.75) is 19.4 Å². The minimum atomic E-state index is -0.595. The second-order valence-corrected chi connectivity index (χ2v) is 6.28. The minimum Gasteiger partial charge on any atom is -0.374 e. The van der Waals surface area contributed by atoms with E-state index in [1.807, 2.05) is 31.2 Å². The predicted molar refractivity (Wildman–Crippen MR) is 95.5 cm³/mol. The van der Waals surface area contributed by atoms with Crippen molar-refractivity contribution >= 4 is 34.8 Å². The van der Waals surface area contributed by atoms with Gasteiger partial charge in [-0.2, -0.15) is 0 Å². The fourth-order valence-electron chi connectivity index (χ4n) is 2.80. The molecular weight excluding hydrogens is 326 g/mol. The van der Waals surface area contributed by atoms with Crippen LogP contribution >= 0.6 is 11.6 Å². The fourth-order valence-corrected chi connectivity index (χ4v) is 3.01. The molecule has 1 aliphatic heterocycles. The van der Waals surface area contributed by atoms with E-state index < -0.39 is 5.91 Å². The molecule has 1 saturated heterocycles. The van der Waals surface area contributed by atoms with Gasteiger partial charge in [-0.15, -0.1) is 0 Å². The molecule has 24 heavy (non-hydrogen) atoms. The van der Waals surface area contributed by atoms with Crippen molar-refractivity contribution in [1.29, 1.82) is 0 Å². The highest BCUT2D eigenvalue weighted by Gasteiger charge is 2.32. The van der Waals surface area contributed by atoms with Crippen LogP contribution in [0.3, 0.4) is 0 Å². The van der Waals surface area contributed by atoms with Crippen LogP contribution in [-0.2, 0) is 4.79 Å². The van der Waals surface area contributed by atoms with Gasteiger partial charge in [0.2, 0.25) is 11.8 Å². The van der Waals surface area contributed by atoms with Gasteiger partial charge in [-0.1, -0.05) is 29.3 Å². The number of primary amides is 1. The summed E-state index contributed by atoms with van der Waals surface area (Å²) in [5.74, 6) is -0.586. The van der Waals surface area contributed by atoms with Crippen molar-refractivity contribution < 1.29 is 9.59 Å². The highest BCUT2D eigenvalue weighted by Crippen LogP contribution is 2.26. The Morgan fingerprint density at radius 3 is 2.62 bits per heavy atom. The number of nitrogens with zero attached hydrogens (tertiary/aromatic N) is 1. The van der Waals surface area contributed by atoms with Gasteiger partial charge >= 0.3 is 0 Å². The Morgan fingerprint density at radius 2 is 1.96 bits per heavy atom. The molecule has 0 unspecified atom stereocenters. The molecule has 2 amide bonds. The summed E-state index contributed by atoms with van der Waals surface area (Å²) in [4.78, 5) is 25.8. The Balaban J connectivity index is 1.75. The van der Waals surface area contributed by atoms with E-state index in [1.165, 1.54) is 0 Å². The summed E-state index contributed by atoms with van der Waals surface area (Å²) in [6.45, 7) is 2.66. The van der Waals surface area contributed by atoms with Crippen LogP contribution in [0.1, 0.15) is 22.3 Å². The third-order valence-electron chi connectivity index (χ3n) is 4.12. The fraction of sp³-hybridized carbons (Fsp3) is 0.222. The van der Waals surface area contributed by atoms with Crippen molar-refractivity contribution in [1.82, 2.24) is 0 Å². The van der Waals surface area contributed by atoms with Gasteiger partial charge in [0.1, 0.15) is 6.04 Å². The van der Waals surface area contributed by atoms with Gasteiger partial charge < -0.3 is 16.0 Å². The molecule has 2 aromatic carbocycles. The van der Waals surface area contributed by atoms with Crippen LogP contribution in [-0.4, -0.2) is 24.4 Å². The number of aryl methyl sites for hydroxylation is 1. The minimum absolute atomic E-state index is 0.00873. The summed E-state index contributed by atoms with van der Waals surface area (Å²) >= 11 is 5.95. The standard InChI is InChI=1S/C18H18ClN3O2/c1-11-2-5-13(6-3-11)22-9-8-16(18(22)24)21-12-4-7-15(19)14(10-12)17(20)23/h2-7,10,16,21H,8-9H2,1H3,(H2,20,23)/t16-/m1/s1. The van der Waals surface area contributed by atoms with E-state index >= 15 is 0 Å². The van der Waals surface area contributed by atoms with Gasteiger partial charge in [-0.05, 0) is 43.7 Å². The first-order valence-corrected chi connectivity index (χ1v) is 8.07. The molecule has 6 heteroatoms. The van der Waals surface area contributed by atoms with Crippen molar-refractivity contribution in [2.24, 2.45) is 5.73 Å². The molecule has 1 heterocycles. The molecule has 1 aliphatic rings. The quantitative estimate of drug-likeness (QED) is 0.896. The lowest BCUT2D eigenvalue weighted by molar-refractivity contribution is -0.117. The van der Waals surface area contributed by atoms with Crippen LogP contribution < -0.4 is 16.0 Å². The first kappa shape index (κ1) is 16.3. The highest BCUT2D eigenvalue weighted by molar-refractivity contribution is 6.33. The SMILES string of the molecule is Cc1ccc(N2CC[C@@H](Nc3ccc(Cl)c(C(N)=O)c3)C2=O)cc1. The lowest BCUT2D eigenvalue weighted by atomic mass is 10.1. The number of hydrogen-bond donors (Lipinski definition) is 2. The molecule has 0 radical (unpaired) electrons. The monoisotopic (exact) mass is 343 g/mol. The van der Waals surface area contributed by atoms with Crippen LogP contribution in [0.5, 0.6) is 0 Å². The maximum atomic E-state index is 12.6. The molecule has 1 atom stereocenters. The molecule has 5 nitrogen and oxygen atoms in total. The van der Waals surface area contributed by atoms with Gasteiger partial charge in [0, 0.05) is 17.9 Å². The molecule has 0 bridgehead atoms. The van der Waals surface area contributed by atoms with Gasteiger partial charge in [-0.25, -0.2) is 0 Å². The second-order valence-electron chi connectivity index (χ2n) is 5.87. The largest absolute Gasteiger partial charge is 0.374 e. The number of carbonyl (C=O) groups is 2. The third-order valence-corrected chi connectivity index (χ3v) is 4.45. The third kappa shape index (κ3) is 3.21. The lowest BCUT2D eigenvalue weighted by Crippen LogP contribution is -2.33. The maximum absolute atomic E-state index is 12.6. The molecule has 124 valence electrons. The first-order valence-electron chi connectivity index (χ1n) is 7.69. The maximum Gasteiger partial charge on any atom is 0.250 e. The van der Waals surface area contributed by atoms with E-state index in [-0.39, 0.29) is 17.5 Å². The summed E-state index contributed by atoms with van der Waals surface area (Å²) in [6.07, 6.45) is 0.682. The molecule has 3 rings (SSSR count). The number of amides is 2. The average Bonchev–Trinajstić information content (AvgIpc) is 2.91. The molecule has 0 saturated carbocycles. The highest BCUT2D eigenvalue weighted by atomic mass is 35.5. The van der Waals surface area contributed by atoms with E-state index in [1.54, 1.807) is 23.1 Å². The summed E-state index contributed by atoms with van der Waals surface area (Å²) < 4.78 is 0. The van der Waals surface area contributed by atoms with Crippen molar-refractivity contribution in [3.63, 3.8) is 0 Å². The molecule has 0 aliphatic carbocycles. The van der Waals surface area contributed by atoms with Crippen LogP contribution in [0.2, 0.25) is 5.02 Å². The Bertz CT molecular complexity index is 789. The summed E-state index contributed by atoms with van der Waals surface area (Å²) in [5, 5.41) is 3.46.